The van der Waals surface area contributed by atoms with Crippen molar-refractivity contribution in [2.75, 3.05) is 13.4 Å². The monoisotopic (exact) mass is 344 g/mol. The Hall–Kier alpha value is -2.40. The Morgan fingerprint density at radius 2 is 1.72 bits per heavy atom. The molecule has 0 saturated heterocycles. The van der Waals surface area contributed by atoms with Crippen molar-refractivity contribution in [3.63, 3.8) is 0 Å². The predicted molar refractivity (Wildman–Crippen MR) is 94.4 cm³/mol. The second kappa shape index (κ2) is 9.79. The molecule has 0 bridgehead atoms. The van der Waals surface area contributed by atoms with E-state index in [-0.39, 0.29) is 25.3 Å². The zero-order valence-corrected chi connectivity index (χ0v) is 14.3. The summed E-state index contributed by atoms with van der Waals surface area (Å²) in [6.07, 6.45) is 6.42. The second-order valence-corrected chi connectivity index (χ2v) is 5.95. The molecule has 0 aliphatic heterocycles. The lowest BCUT2D eigenvalue weighted by atomic mass is 9.83. The molecular weight excluding hydrogens is 320 g/mol. The van der Waals surface area contributed by atoms with Gasteiger partial charge in [-0.3, -0.25) is 4.79 Å². The second-order valence-electron chi connectivity index (χ2n) is 5.95. The van der Waals surface area contributed by atoms with Crippen LogP contribution in [0.25, 0.3) is 0 Å². The standard InChI is InChI=1S/C20H24O5/c1-3-17(21)13-23-18-9-5-15(6-10-18)16-7-11-19(12-8-16)24-14-25-20(22)4-2/h3-6,9-10,16,19H,1-2,7-8,11-14H2. The fourth-order valence-corrected chi connectivity index (χ4v) is 2.86. The van der Waals surface area contributed by atoms with Gasteiger partial charge in [-0.1, -0.05) is 25.3 Å². The smallest absolute Gasteiger partial charge is 0.332 e. The summed E-state index contributed by atoms with van der Waals surface area (Å²) >= 11 is 0. The number of esters is 1. The van der Waals surface area contributed by atoms with Crippen molar-refractivity contribution in [1.82, 2.24) is 0 Å². The summed E-state index contributed by atoms with van der Waals surface area (Å²) in [6, 6.07) is 7.88. The fraction of sp³-hybridized carbons (Fsp3) is 0.400. The van der Waals surface area contributed by atoms with Crippen LogP contribution in [0.4, 0.5) is 0 Å². The van der Waals surface area contributed by atoms with Crippen molar-refractivity contribution in [2.45, 2.75) is 37.7 Å². The van der Waals surface area contributed by atoms with Crippen LogP contribution in [-0.2, 0) is 19.1 Å². The lowest BCUT2D eigenvalue weighted by Crippen LogP contribution is -2.22. The summed E-state index contributed by atoms with van der Waals surface area (Å²) in [5.41, 5.74) is 1.26. The van der Waals surface area contributed by atoms with Gasteiger partial charge in [0.05, 0.1) is 6.10 Å². The average Bonchev–Trinajstić information content (AvgIpc) is 2.67. The normalized spacial score (nSPS) is 19.7. The maximum absolute atomic E-state index is 11.2. The van der Waals surface area contributed by atoms with Gasteiger partial charge >= 0.3 is 5.97 Å². The zero-order chi connectivity index (χ0) is 18.1. The first kappa shape index (κ1) is 18.9. The molecule has 0 atom stereocenters. The number of carbonyl (C=O) groups is 2. The number of benzene rings is 1. The molecule has 1 fully saturated rings. The molecule has 5 nitrogen and oxygen atoms in total. The summed E-state index contributed by atoms with van der Waals surface area (Å²) in [4.78, 5) is 22.1. The number of rotatable bonds is 9. The Morgan fingerprint density at radius 1 is 1.04 bits per heavy atom. The van der Waals surface area contributed by atoms with Gasteiger partial charge in [-0.15, -0.1) is 0 Å². The van der Waals surface area contributed by atoms with Gasteiger partial charge in [0.2, 0.25) is 0 Å². The first-order valence-corrected chi connectivity index (χ1v) is 8.41. The van der Waals surface area contributed by atoms with E-state index in [1.165, 1.54) is 11.6 Å². The molecule has 25 heavy (non-hydrogen) atoms. The van der Waals surface area contributed by atoms with E-state index in [1.54, 1.807) is 0 Å². The van der Waals surface area contributed by atoms with Gasteiger partial charge in [0, 0.05) is 6.08 Å². The van der Waals surface area contributed by atoms with Gasteiger partial charge in [-0.05, 0) is 55.4 Å². The van der Waals surface area contributed by atoms with Crippen molar-refractivity contribution < 1.29 is 23.8 Å². The summed E-state index contributed by atoms with van der Waals surface area (Å²) in [5.74, 6) is 0.561. The lowest BCUT2D eigenvalue weighted by molar-refractivity contribution is -0.156. The molecule has 1 aromatic carbocycles. The fourth-order valence-electron chi connectivity index (χ4n) is 2.86. The highest BCUT2D eigenvalue weighted by Gasteiger charge is 2.23. The van der Waals surface area contributed by atoms with E-state index < -0.39 is 5.97 Å². The molecule has 0 amide bonds. The molecule has 1 saturated carbocycles. The van der Waals surface area contributed by atoms with Crippen molar-refractivity contribution in [2.24, 2.45) is 0 Å². The van der Waals surface area contributed by atoms with Crippen molar-refractivity contribution >= 4 is 11.8 Å². The zero-order valence-electron chi connectivity index (χ0n) is 14.3. The van der Waals surface area contributed by atoms with Crippen LogP contribution in [0.1, 0.15) is 37.2 Å². The van der Waals surface area contributed by atoms with E-state index in [0.717, 1.165) is 31.8 Å². The molecule has 1 aliphatic carbocycles. The summed E-state index contributed by atoms with van der Waals surface area (Å²) in [5, 5.41) is 0. The number of hydrogen-bond donors (Lipinski definition) is 0. The maximum atomic E-state index is 11.2. The minimum Gasteiger partial charge on any atom is -0.485 e. The van der Waals surface area contributed by atoms with Crippen LogP contribution in [0.5, 0.6) is 5.75 Å². The average molecular weight is 344 g/mol. The summed E-state index contributed by atoms with van der Waals surface area (Å²) in [7, 11) is 0. The summed E-state index contributed by atoms with van der Waals surface area (Å²) in [6.45, 7) is 6.75. The first-order valence-electron chi connectivity index (χ1n) is 8.41. The number of carbonyl (C=O) groups excluding carboxylic acids is 2. The molecule has 0 unspecified atom stereocenters. The van der Waals surface area contributed by atoms with Crippen LogP contribution in [0.15, 0.2) is 49.6 Å². The van der Waals surface area contributed by atoms with Crippen LogP contribution in [0.3, 0.4) is 0 Å². The van der Waals surface area contributed by atoms with Gasteiger partial charge in [0.1, 0.15) is 5.75 Å². The molecule has 0 radical (unpaired) electrons. The highest BCUT2D eigenvalue weighted by atomic mass is 16.7. The lowest BCUT2D eigenvalue weighted by Gasteiger charge is -2.28. The first-order chi connectivity index (χ1) is 12.1. The number of hydrogen-bond acceptors (Lipinski definition) is 5. The highest BCUT2D eigenvalue weighted by Crippen LogP contribution is 2.34. The molecule has 0 spiro atoms. The molecule has 0 heterocycles. The van der Waals surface area contributed by atoms with E-state index >= 15 is 0 Å². The topological polar surface area (TPSA) is 61.8 Å². The largest absolute Gasteiger partial charge is 0.485 e. The van der Waals surface area contributed by atoms with Gasteiger partial charge in [-0.2, -0.15) is 0 Å². The molecule has 1 aromatic rings. The minimum absolute atomic E-state index is 0.0156. The Bertz CT molecular complexity index is 597. The molecule has 0 N–H and O–H groups in total. The van der Waals surface area contributed by atoms with Gasteiger partial charge in [0.15, 0.2) is 19.2 Å². The predicted octanol–water partition coefficient (Wildman–Crippen LogP) is 3.55. The maximum Gasteiger partial charge on any atom is 0.332 e. The Labute approximate surface area is 148 Å². The van der Waals surface area contributed by atoms with Gasteiger partial charge < -0.3 is 14.2 Å². The third-order valence-electron chi connectivity index (χ3n) is 4.31. The molecule has 1 aliphatic rings. The van der Waals surface area contributed by atoms with Gasteiger partial charge in [-0.25, -0.2) is 4.79 Å². The molecule has 5 heteroatoms. The Balaban J connectivity index is 1.74. The SMILES string of the molecule is C=CC(=O)COc1ccc(C2CCC(OCOC(=O)C=C)CC2)cc1. The third kappa shape index (κ3) is 6.19. The van der Waals surface area contributed by atoms with Crippen LogP contribution >= 0.6 is 0 Å². The minimum atomic E-state index is -0.467. The molecule has 0 aromatic heterocycles. The Morgan fingerprint density at radius 3 is 2.32 bits per heavy atom. The van der Waals surface area contributed by atoms with E-state index in [0.29, 0.717) is 11.7 Å². The highest BCUT2D eigenvalue weighted by molar-refractivity contribution is 5.90. The van der Waals surface area contributed by atoms with Gasteiger partial charge in [0.25, 0.3) is 0 Å². The van der Waals surface area contributed by atoms with E-state index in [9.17, 15) is 9.59 Å². The summed E-state index contributed by atoms with van der Waals surface area (Å²) < 4.78 is 15.8. The Kier molecular flexibility index (Phi) is 7.41. The quantitative estimate of drug-likeness (QED) is 0.389. The van der Waals surface area contributed by atoms with E-state index in [4.69, 9.17) is 14.2 Å². The van der Waals surface area contributed by atoms with Crippen LogP contribution in [-0.4, -0.2) is 31.3 Å². The van der Waals surface area contributed by atoms with Crippen LogP contribution in [0, 0.1) is 0 Å². The molecule has 2 rings (SSSR count). The van der Waals surface area contributed by atoms with Crippen molar-refractivity contribution in [1.29, 1.82) is 0 Å². The third-order valence-corrected chi connectivity index (χ3v) is 4.31. The molecular formula is C20H24O5. The van der Waals surface area contributed by atoms with E-state index in [1.807, 2.05) is 24.3 Å². The van der Waals surface area contributed by atoms with Crippen molar-refractivity contribution in [3.05, 3.63) is 55.1 Å². The van der Waals surface area contributed by atoms with Crippen LogP contribution < -0.4 is 4.74 Å². The number of ether oxygens (including phenoxy) is 3. The van der Waals surface area contributed by atoms with Crippen LogP contribution in [0.2, 0.25) is 0 Å². The molecule has 134 valence electrons. The van der Waals surface area contributed by atoms with Crippen molar-refractivity contribution in [3.8, 4) is 5.75 Å². The van der Waals surface area contributed by atoms with E-state index in [2.05, 4.69) is 13.2 Å². The number of ketones is 1.